The van der Waals surface area contributed by atoms with Gasteiger partial charge in [-0.05, 0) is 39.3 Å². The summed E-state index contributed by atoms with van der Waals surface area (Å²) in [5.41, 5.74) is 1.19. The Morgan fingerprint density at radius 2 is 1.90 bits per heavy atom. The Bertz CT molecular complexity index is 466. The largest absolute Gasteiger partial charge is 0.355 e. The molecule has 1 atom stereocenters. The molecule has 0 aliphatic rings. The summed E-state index contributed by atoms with van der Waals surface area (Å²) >= 11 is 6.21. The Morgan fingerprint density at radius 1 is 1.24 bits per heavy atom. The van der Waals surface area contributed by atoms with Crippen LogP contribution in [0.25, 0.3) is 0 Å². The summed E-state index contributed by atoms with van der Waals surface area (Å²) in [4.78, 5) is 4.24. The Hall–Kier alpha value is -1.26. The molecule has 3 N–H and O–H groups in total. The number of guanidine groups is 1. The van der Waals surface area contributed by atoms with E-state index in [0.717, 1.165) is 29.6 Å². The SMILES string of the molecule is CN=C(NCCNC(C)(C)C)NC(C)c1ccccc1Cl. The number of aliphatic imine (C=N–C) groups is 1. The van der Waals surface area contributed by atoms with E-state index in [1.54, 1.807) is 7.05 Å². The summed E-state index contributed by atoms with van der Waals surface area (Å²) in [5.74, 6) is 0.776. The van der Waals surface area contributed by atoms with E-state index in [1.807, 2.05) is 24.3 Å². The number of nitrogens with one attached hydrogen (secondary N) is 3. The topological polar surface area (TPSA) is 48.5 Å². The molecule has 0 aromatic heterocycles. The van der Waals surface area contributed by atoms with Crippen LogP contribution in [0.5, 0.6) is 0 Å². The lowest BCUT2D eigenvalue weighted by Gasteiger charge is -2.22. The van der Waals surface area contributed by atoms with Gasteiger partial charge in [0.25, 0.3) is 0 Å². The first-order chi connectivity index (χ1) is 9.83. The van der Waals surface area contributed by atoms with Gasteiger partial charge < -0.3 is 16.0 Å². The van der Waals surface area contributed by atoms with Crippen molar-refractivity contribution in [2.75, 3.05) is 20.1 Å². The molecule has 0 aliphatic heterocycles. The van der Waals surface area contributed by atoms with Gasteiger partial charge in [-0.2, -0.15) is 0 Å². The van der Waals surface area contributed by atoms with Crippen LogP contribution < -0.4 is 16.0 Å². The maximum absolute atomic E-state index is 6.21. The molecule has 118 valence electrons. The van der Waals surface area contributed by atoms with Gasteiger partial charge in [0.05, 0.1) is 6.04 Å². The molecule has 0 saturated heterocycles. The van der Waals surface area contributed by atoms with Crippen molar-refractivity contribution in [1.29, 1.82) is 0 Å². The fraction of sp³-hybridized carbons (Fsp3) is 0.562. The minimum atomic E-state index is 0.0977. The number of benzene rings is 1. The second-order valence-corrected chi connectivity index (χ2v) is 6.47. The average Bonchev–Trinajstić information content (AvgIpc) is 2.41. The van der Waals surface area contributed by atoms with Crippen molar-refractivity contribution in [3.05, 3.63) is 34.9 Å². The van der Waals surface area contributed by atoms with Crippen LogP contribution in [0.1, 0.15) is 39.3 Å². The molecule has 0 bridgehead atoms. The highest BCUT2D eigenvalue weighted by Gasteiger charge is 2.11. The van der Waals surface area contributed by atoms with Gasteiger partial charge >= 0.3 is 0 Å². The smallest absolute Gasteiger partial charge is 0.191 e. The predicted octanol–water partition coefficient (Wildman–Crippen LogP) is 2.95. The fourth-order valence-corrected chi connectivity index (χ4v) is 2.22. The lowest BCUT2D eigenvalue weighted by molar-refractivity contribution is 0.428. The summed E-state index contributed by atoms with van der Waals surface area (Å²) in [6, 6.07) is 7.94. The molecular formula is C16H27ClN4. The molecule has 5 heteroatoms. The Kier molecular flexibility index (Phi) is 6.99. The standard InChI is InChI=1S/C16H27ClN4/c1-12(13-8-6-7-9-14(13)17)21-15(18-5)19-10-11-20-16(2,3)4/h6-9,12,20H,10-11H2,1-5H3,(H2,18,19,21). The van der Waals surface area contributed by atoms with Crippen molar-refractivity contribution in [2.45, 2.75) is 39.3 Å². The lowest BCUT2D eigenvalue weighted by atomic mass is 10.1. The third kappa shape index (κ3) is 6.82. The molecule has 0 amide bonds. The first-order valence-corrected chi connectivity index (χ1v) is 7.68. The molecule has 0 aliphatic carbocycles. The molecule has 1 unspecified atom stereocenters. The summed E-state index contributed by atoms with van der Waals surface area (Å²) < 4.78 is 0. The molecule has 0 radical (unpaired) electrons. The van der Waals surface area contributed by atoms with Crippen LogP contribution in [0.4, 0.5) is 0 Å². The minimum Gasteiger partial charge on any atom is -0.355 e. The normalized spacial score (nSPS) is 13.9. The number of halogens is 1. The van der Waals surface area contributed by atoms with Crippen molar-refractivity contribution in [1.82, 2.24) is 16.0 Å². The van der Waals surface area contributed by atoms with Gasteiger partial charge in [-0.3, -0.25) is 4.99 Å². The predicted molar refractivity (Wildman–Crippen MR) is 92.1 cm³/mol. The van der Waals surface area contributed by atoms with Gasteiger partial charge in [-0.1, -0.05) is 29.8 Å². The third-order valence-corrected chi connectivity index (χ3v) is 3.37. The quantitative estimate of drug-likeness (QED) is 0.445. The first-order valence-electron chi connectivity index (χ1n) is 7.30. The van der Waals surface area contributed by atoms with Crippen molar-refractivity contribution < 1.29 is 0 Å². The minimum absolute atomic E-state index is 0.0977. The second-order valence-electron chi connectivity index (χ2n) is 6.06. The van der Waals surface area contributed by atoms with E-state index in [9.17, 15) is 0 Å². The van der Waals surface area contributed by atoms with E-state index >= 15 is 0 Å². The van der Waals surface area contributed by atoms with Crippen LogP contribution in [0, 0.1) is 0 Å². The number of hydrogen-bond donors (Lipinski definition) is 3. The van der Waals surface area contributed by atoms with E-state index in [2.05, 4.69) is 48.6 Å². The van der Waals surface area contributed by atoms with E-state index in [4.69, 9.17) is 11.6 Å². The van der Waals surface area contributed by atoms with Crippen molar-refractivity contribution >= 4 is 17.6 Å². The van der Waals surface area contributed by atoms with Gasteiger partial charge in [0.15, 0.2) is 5.96 Å². The van der Waals surface area contributed by atoms with Gasteiger partial charge in [-0.15, -0.1) is 0 Å². The van der Waals surface area contributed by atoms with E-state index < -0.39 is 0 Å². The molecule has 1 aromatic rings. The van der Waals surface area contributed by atoms with Crippen LogP contribution in [-0.4, -0.2) is 31.6 Å². The molecule has 0 saturated carbocycles. The molecule has 0 fully saturated rings. The summed E-state index contributed by atoms with van der Waals surface area (Å²) in [6.45, 7) is 10.2. The summed E-state index contributed by atoms with van der Waals surface area (Å²) in [5, 5.41) is 10.8. The zero-order valence-electron chi connectivity index (χ0n) is 13.6. The van der Waals surface area contributed by atoms with Crippen molar-refractivity contribution in [3.8, 4) is 0 Å². The van der Waals surface area contributed by atoms with Gasteiger partial charge in [-0.25, -0.2) is 0 Å². The van der Waals surface area contributed by atoms with Crippen LogP contribution in [-0.2, 0) is 0 Å². The van der Waals surface area contributed by atoms with Crippen molar-refractivity contribution in [2.24, 2.45) is 4.99 Å². The van der Waals surface area contributed by atoms with E-state index in [-0.39, 0.29) is 11.6 Å². The molecule has 1 rings (SSSR count). The molecule has 0 spiro atoms. The Labute approximate surface area is 133 Å². The van der Waals surface area contributed by atoms with E-state index in [0.29, 0.717) is 0 Å². The summed E-state index contributed by atoms with van der Waals surface area (Å²) in [6.07, 6.45) is 0. The van der Waals surface area contributed by atoms with Gasteiger partial charge in [0.1, 0.15) is 0 Å². The number of hydrogen-bond acceptors (Lipinski definition) is 2. The number of rotatable bonds is 5. The lowest BCUT2D eigenvalue weighted by Crippen LogP contribution is -2.45. The maximum atomic E-state index is 6.21. The molecule has 1 aromatic carbocycles. The van der Waals surface area contributed by atoms with Crippen LogP contribution >= 0.6 is 11.6 Å². The fourth-order valence-electron chi connectivity index (χ4n) is 1.92. The zero-order valence-corrected chi connectivity index (χ0v) is 14.4. The monoisotopic (exact) mass is 310 g/mol. The van der Waals surface area contributed by atoms with Crippen LogP contribution in [0.2, 0.25) is 5.02 Å². The molecule has 0 heterocycles. The Balaban J connectivity index is 2.46. The molecule has 21 heavy (non-hydrogen) atoms. The third-order valence-electron chi connectivity index (χ3n) is 3.02. The van der Waals surface area contributed by atoms with Crippen molar-refractivity contribution in [3.63, 3.8) is 0 Å². The highest BCUT2D eigenvalue weighted by molar-refractivity contribution is 6.31. The number of nitrogens with zero attached hydrogens (tertiary/aromatic N) is 1. The highest BCUT2D eigenvalue weighted by Crippen LogP contribution is 2.21. The van der Waals surface area contributed by atoms with Crippen LogP contribution in [0.3, 0.4) is 0 Å². The molecule has 4 nitrogen and oxygen atoms in total. The molecular weight excluding hydrogens is 284 g/mol. The van der Waals surface area contributed by atoms with Gasteiger partial charge in [0, 0.05) is 30.7 Å². The van der Waals surface area contributed by atoms with Crippen LogP contribution in [0.15, 0.2) is 29.3 Å². The highest BCUT2D eigenvalue weighted by atomic mass is 35.5. The first kappa shape index (κ1) is 17.8. The summed E-state index contributed by atoms with van der Waals surface area (Å²) in [7, 11) is 1.77. The van der Waals surface area contributed by atoms with Gasteiger partial charge in [0.2, 0.25) is 0 Å². The maximum Gasteiger partial charge on any atom is 0.191 e. The zero-order chi connectivity index (χ0) is 15.9. The Morgan fingerprint density at radius 3 is 2.48 bits per heavy atom. The average molecular weight is 311 g/mol. The second kappa shape index (κ2) is 8.25. The van der Waals surface area contributed by atoms with E-state index in [1.165, 1.54) is 0 Å².